The SMILES string of the molecule is COC(OC)c1cc(F)c(F)cc1CN(CC(=O)O)C(=O)C(C)(C)C. The quantitative estimate of drug-likeness (QED) is 0.758. The van der Waals surface area contributed by atoms with E-state index in [-0.39, 0.29) is 17.7 Å². The summed E-state index contributed by atoms with van der Waals surface area (Å²) in [5, 5.41) is 9.07. The molecule has 1 aromatic carbocycles. The van der Waals surface area contributed by atoms with Crippen LogP contribution in [0.15, 0.2) is 12.1 Å². The average molecular weight is 359 g/mol. The smallest absolute Gasteiger partial charge is 0.323 e. The van der Waals surface area contributed by atoms with Crippen molar-refractivity contribution >= 4 is 11.9 Å². The normalized spacial score (nSPS) is 11.7. The van der Waals surface area contributed by atoms with E-state index >= 15 is 0 Å². The maximum Gasteiger partial charge on any atom is 0.323 e. The predicted octanol–water partition coefficient (Wildman–Crippen LogP) is 2.72. The van der Waals surface area contributed by atoms with Crippen LogP contribution in [0.2, 0.25) is 0 Å². The molecular weight excluding hydrogens is 336 g/mol. The van der Waals surface area contributed by atoms with Crippen LogP contribution < -0.4 is 0 Å². The van der Waals surface area contributed by atoms with Crippen molar-refractivity contribution in [3.8, 4) is 0 Å². The van der Waals surface area contributed by atoms with E-state index in [1.165, 1.54) is 14.2 Å². The first-order chi connectivity index (χ1) is 11.5. The van der Waals surface area contributed by atoms with Gasteiger partial charge in [0.25, 0.3) is 0 Å². The zero-order valence-corrected chi connectivity index (χ0v) is 14.9. The fourth-order valence-corrected chi connectivity index (χ4v) is 2.35. The number of carboxylic acids is 1. The van der Waals surface area contributed by atoms with Crippen LogP contribution in [0.3, 0.4) is 0 Å². The number of ether oxygens (including phenoxy) is 2. The third-order valence-corrected chi connectivity index (χ3v) is 3.48. The van der Waals surface area contributed by atoms with Gasteiger partial charge in [-0.2, -0.15) is 0 Å². The maximum atomic E-state index is 13.7. The number of hydrogen-bond acceptors (Lipinski definition) is 4. The highest BCUT2D eigenvalue weighted by atomic mass is 19.2. The first kappa shape index (κ1) is 21.0. The summed E-state index contributed by atoms with van der Waals surface area (Å²) in [6, 6.07) is 1.84. The van der Waals surface area contributed by atoms with E-state index < -0.39 is 41.8 Å². The molecule has 140 valence electrons. The van der Waals surface area contributed by atoms with Gasteiger partial charge in [0.05, 0.1) is 0 Å². The molecule has 0 atom stereocenters. The number of nitrogens with zero attached hydrogens (tertiary/aromatic N) is 1. The number of halogens is 2. The van der Waals surface area contributed by atoms with Gasteiger partial charge in [-0.3, -0.25) is 9.59 Å². The molecule has 25 heavy (non-hydrogen) atoms. The molecule has 1 rings (SSSR count). The van der Waals surface area contributed by atoms with Crippen LogP contribution in [0.25, 0.3) is 0 Å². The highest BCUT2D eigenvalue weighted by Crippen LogP contribution is 2.27. The van der Waals surface area contributed by atoms with E-state index in [0.29, 0.717) is 0 Å². The Bertz CT molecular complexity index is 639. The van der Waals surface area contributed by atoms with Crippen molar-refractivity contribution in [3.05, 3.63) is 34.9 Å². The molecule has 1 N–H and O–H groups in total. The second-order valence-corrected chi connectivity index (χ2v) is 6.57. The Kier molecular flexibility index (Phi) is 7.01. The number of carbonyl (C=O) groups is 2. The molecule has 8 heteroatoms. The second kappa shape index (κ2) is 8.35. The number of amides is 1. The lowest BCUT2D eigenvalue weighted by Gasteiger charge is -2.29. The van der Waals surface area contributed by atoms with Crippen LogP contribution in [-0.2, 0) is 25.6 Å². The van der Waals surface area contributed by atoms with Gasteiger partial charge in [0.15, 0.2) is 17.9 Å². The van der Waals surface area contributed by atoms with Gasteiger partial charge < -0.3 is 19.5 Å². The van der Waals surface area contributed by atoms with E-state index in [0.717, 1.165) is 17.0 Å². The molecule has 0 aliphatic carbocycles. The van der Waals surface area contributed by atoms with Crippen LogP contribution in [0.1, 0.15) is 38.2 Å². The van der Waals surface area contributed by atoms with Crippen LogP contribution in [0.4, 0.5) is 8.78 Å². The summed E-state index contributed by atoms with van der Waals surface area (Å²) in [7, 11) is 2.66. The minimum absolute atomic E-state index is 0.181. The first-order valence-electron chi connectivity index (χ1n) is 7.55. The highest BCUT2D eigenvalue weighted by molar-refractivity contribution is 5.85. The number of hydrogen-bond donors (Lipinski definition) is 1. The number of carboxylic acid groups (broad SMARTS) is 1. The van der Waals surface area contributed by atoms with Gasteiger partial charge in [0.2, 0.25) is 5.91 Å². The molecule has 1 amide bonds. The minimum Gasteiger partial charge on any atom is -0.480 e. The van der Waals surface area contributed by atoms with Gasteiger partial charge in [-0.25, -0.2) is 8.78 Å². The lowest BCUT2D eigenvalue weighted by atomic mass is 9.94. The molecule has 1 aromatic rings. The molecule has 0 aromatic heterocycles. The monoisotopic (exact) mass is 359 g/mol. The summed E-state index contributed by atoms with van der Waals surface area (Å²) in [6.45, 7) is 4.13. The zero-order valence-electron chi connectivity index (χ0n) is 14.9. The first-order valence-corrected chi connectivity index (χ1v) is 7.55. The number of carbonyl (C=O) groups excluding carboxylic acids is 1. The van der Waals surface area contributed by atoms with Crippen LogP contribution >= 0.6 is 0 Å². The largest absolute Gasteiger partial charge is 0.480 e. The zero-order chi connectivity index (χ0) is 19.4. The van der Waals surface area contributed by atoms with Crippen LogP contribution in [0, 0.1) is 17.0 Å². The molecule has 0 unspecified atom stereocenters. The lowest BCUT2D eigenvalue weighted by Crippen LogP contribution is -2.42. The van der Waals surface area contributed by atoms with Crippen molar-refractivity contribution in [1.29, 1.82) is 0 Å². The maximum absolute atomic E-state index is 13.7. The molecule has 0 fully saturated rings. The van der Waals surface area contributed by atoms with Crippen molar-refractivity contribution in [3.63, 3.8) is 0 Å². The molecule has 0 saturated heterocycles. The van der Waals surface area contributed by atoms with E-state index in [9.17, 15) is 18.4 Å². The average Bonchev–Trinajstić information content (AvgIpc) is 2.50. The Hall–Kier alpha value is -2.06. The Morgan fingerprint density at radius 3 is 2.12 bits per heavy atom. The lowest BCUT2D eigenvalue weighted by molar-refractivity contribution is -0.149. The molecule has 0 radical (unpaired) electrons. The molecule has 0 heterocycles. The summed E-state index contributed by atoms with van der Waals surface area (Å²) in [5.41, 5.74) is -0.455. The van der Waals surface area contributed by atoms with Crippen molar-refractivity contribution in [1.82, 2.24) is 4.90 Å². The fraction of sp³-hybridized carbons (Fsp3) is 0.529. The van der Waals surface area contributed by atoms with Gasteiger partial charge in [-0.05, 0) is 17.7 Å². The summed E-state index contributed by atoms with van der Waals surface area (Å²) in [5.74, 6) is -3.85. The molecule has 0 aliphatic heterocycles. The standard InChI is InChI=1S/C17H23F2NO5/c1-17(2,3)16(23)20(9-14(21)22)8-10-6-12(18)13(19)7-11(10)15(24-4)25-5/h6-7,15H,8-9H2,1-5H3,(H,21,22). The molecule has 0 bridgehead atoms. The van der Waals surface area contributed by atoms with Crippen LogP contribution in [-0.4, -0.2) is 42.6 Å². The van der Waals surface area contributed by atoms with E-state index in [2.05, 4.69) is 0 Å². The number of aliphatic carboxylic acids is 1. The highest BCUT2D eigenvalue weighted by Gasteiger charge is 2.30. The molecule has 0 spiro atoms. The van der Waals surface area contributed by atoms with Crippen molar-refractivity contribution in [2.24, 2.45) is 5.41 Å². The van der Waals surface area contributed by atoms with E-state index in [4.69, 9.17) is 14.6 Å². The Morgan fingerprint density at radius 1 is 1.16 bits per heavy atom. The Balaban J connectivity index is 3.33. The third kappa shape index (κ3) is 5.47. The number of methoxy groups -OCH3 is 2. The molecular formula is C17H23F2NO5. The van der Waals surface area contributed by atoms with Gasteiger partial charge in [0.1, 0.15) is 6.54 Å². The number of benzene rings is 1. The summed E-state index contributed by atoms with van der Waals surface area (Å²) in [6.07, 6.45) is -0.985. The molecule has 0 aliphatic rings. The predicted molar refractivity (Wildman–Crippen MR) is 85.6 cm³/mol. The number of rotatable bonds is 7. The summed E-state index contributed by atoms with van der Waals surface area (Å²) >= 11 is 0. The van der Waals surface area contributed by atoms with Gasteiger partial charge >= 0.3 is 5.97 Å². The Labute approximate surface area is 145 Å². The third-order valence-electron chi connectivity index (χ3n) is 3.48. The van der Waals surface area contributed by atoms with Gasteiger partial charge in [-0.1, -0.05) is 20.8 Å². The van der Waals surface area contributed by atoms with Crippen LogP contribution in [0.5, 0.6) is 0 Å². The van der Waals surface area contributed by atoms with E-state index in [1.807, 2.05) is 0 Å². The van der Waals surface area contributed by atoms with Gasteiger partial charge in [0, 0.05) is 31.7 Å². The molecule has 6 nitrogen and oxygen atoms in total. The molecule has 0 saturated carbocycles. The fourth-order valence-electron chi connectivity index (χ4n) is 2.35. The topological polar surface area (TPSA) is 76.1 Å². The minimum atomic E-state index is -1.21. The summed E-state index contributed by atoms with van der Waals surface area (Å²) in [4.78, 5) is 24.7. The van der Waals surface area contributed by atoms with Crippen molar-refractivity contribution < 1.29 is 33.0 Å². The van der Waals surface area contributed by atoms with Crippen molar-refractivity contribution in [2.75, 3.05) is 20.8 Å². The second-order valence-electron chi connectivity index (χ2n) is 6.57. The Morgan fingerprint density at radius 2 is 1.68 bits per heavy atom. The van der Waals surface area contributed by atoms with Gasteiger partial charge in [-0.15, -0.1) is 0 Å². The van der Waals surface area contributed by atoms with Crippen molar-refractivity contribution in [2.45, 2.75) is 33.6 Å². The van der Waals surface area contributed by atoms with E-state index in [1.54, 1.807) is 20.8 Å². The summed E-state index contributed by atoms with van der Waals surface area (Å²) < 4.78 is 37.5.